The van der Waals surface area contributed by atoms with Gasteiger partial charge in [-0.1, -0.05) is 23.7 Å². The monoisotopic (exact) mass is 321 g/mol. The summed E-state index contributed by atoms with van der Waals surface area (Å²) in [4.78, 5) is 23.6. The lowest BCUT2D eigenvalue weighted by molar-refractivity contribution is -0.142. The van der Waals surface area contributed by atoms with Crippen LogP contribution in [0.4, 0.5) is 0 Å². The van der Waals surface area contributed by atoms with E-state index in [4.69, 9.17) is 16.7 Å². The molecule has 118 valence electrons. The molecule has 5 heteroatoms. The summed E-state index contributed by atoms with van der Waals surface area (Å²) < 4.78 is 0. The quantitative estimate of drug-likeness (QED) is 0.895. The number of carboxylic acids is 1. The Morgan fingerprint density at radius 3 is 2.18 bits per heavy atom. The number of amides is 1. The zero-order valence-corrected chi connectivity index (χ0v) is 13.1. The maximum atomic E-state index is 12.6. The van der Waals surface area contributed by atoms with Gasteiger partial charge < -0.3 is 10.4 Å². The van der Waals surface area contributed by atoms with E-state index < -0.39 is 11.4 Å². The first-order valence-electron chi connectivity index (χ1n) is 7.81. The van der Waals surface area contributed by atoms with E-state index in [1.54, 1.807) is 0 Å². The Morgan fingerprint density at radius 2 is 1.68 bits per heavy atom. The Morgan fingerprint density at radius 1 is 1.09 bits per heavy atom. The predicted octanol–water partition coefficient (Wildman–Crippen LogP) is 3.13. The predicted molar refractivity (Wildman–Crippen MR) is 83.9 cm³/mol. The molecule has 2 fully saturated rings. The van der Waals surface area contributed by atoms with Crippen molar-refractivity contribution in [2.24, 2.45) is 5.92 Å². The van der Waals surface area contributed by atoms with Gasteiger partial charge in [-0.2, -0.15) is 0 Å². The molecule has 1 aromatic carbocycles. The molecule has 2 aliphatic carbocycles. The molecular formula is C17H20ClNO3. The Bertz CT molecular complexity index is 572. The molecule has 2 N–H and O–H groups in total. The number of hydrogen-bond acceptors (Lipinski definition) is 2. The van der Waals surface area contributed by atoms with Gasteiger partial charge in [0.25, 0.3) is 0 Å². The van der Waals surface area contributed by atoms with Crippen LogP contribution >= 0.6 is 11.6 Å². The zero-order valence-electron chi connectivity index (χ0n) is 12.3. The Labute approximate surface area is 134 Å². The number of carboxylic acid groups (broad SMARTS) is 1. The van der Waals surface area contributed by atoms with Crippen LogP contribution in [-0.4, -0.2) is 23.0 Å². The standard InChI is InChI=1S/C17H20ClNO3/c18-13-5-3-12(4-6-13)17(9-10-17)16(22)19-14-7-1-11(2-8-14)15(20)21/h3-6,11,14H,1-2,7-10H2,(H,19,22)(H,20,21). The molecule has 2 aliphatic rings. The molecule has 0 heterocycles. The molecule has 0 unspecified atom stereocenters. The first-order valence-corrected chi connectivity index (χ1v) is 8.19. The molecule has 0 radical (unpaired) electrons. The van der Waals surface area contributed by atoms with Crippen LogP contribution in [0.1, 0.15) is 44.1 Å². The SMILES string of the molecule is O=C(O)C1CCC(NC(=O)C2(c3ccc(Cl)cc3)CC2)CC1. The second-order valence-electron chi connectivity index (χ2n) is 6.45. The van der Waals surface area contributed by atoms with E-state index >= 15 is 0 Å². The topological polar surface area (TPSA) is 66.4 Å². The number of nitrogens with one attached hydrogen (secondary N) is 1. The second kappa shape index (κ2) is 5.92. The van der Waals surface area contributed by atoms with Crippen LogP contribution in [0.2, 0.25) is 5.02 Å². The van der Waals surface area contributed by atoms with Crippen LogP contribution in [0.15, 0.2) is 24.3 Å². The smallest absolute Gasteiger partial charge is 0.306 e. The third kappa shape index (κ3) is 2.98. The molecule has 22 heavy (non-hydrogen) atoms. The maximum Gasteiger partial charge on any atom is 0.306 e. The lowest BCUT2D eigenvalue weighted by Crippen LogP contribution is -2.43. The Kier molecular flexibility index (Phi) is 4.13. The third-order valence-electron chi connectivity index (χ3n) is 4.99. The van der Waals surface area contributed by atoms with Gasteiger partial charge in [0.2, 0.25) is 5.91 Å². The van der Waals surface area contributed by atoms with Crippen molar-refractivity contribution in [3.8, 4) is 0 Å². The largest absolute Gasteiger partial charge is 0.481 e. The third-order valence-corrected chi connectivity index (χ3v) is 5.25. The number of rotatable bonds is 4. The molecule has 0 aromatic heterocycles. The van der Waals surface area contributed by atoms with E-state index in [1.165, 1.54) is 0 Å². The van der Waals surface area contributed by atoms with Crippen molar-refractivity contribution in [1.29, 1.82) is 0 Å². The summed E-state index contributed by atoms with van der Waals surface area (Å²) >= 11 is 5.91. The minimum atomic E-state index is -0.718. The summed E-state index contributed by atoms with van der Waals surface area (Å²) in [6, 6.07) is 7.60. The van der Waals surface area contributed by atoms with Gasteiger partial charge in [0.15, 0.2) is 0 Å². The van der Waals surface area contributed by atoms with Gasteiger partial charge in [-0.3, -0.25) is 9.59 Å². The summed E-state index contributed by atoms with van der Waals surface area (Å²) in [5.74, 6) is -0.891. The summed E-state index contributed by atoms with van der Waals surface area (Å²) in [7, 11) is 0. The molecule has 1 aromatic rings. The average molecular weight is 322 g/mol. The van der Waals surface area contributed by atoms with Crippen LogP contribution in [0, 0.1) is 5.92 Å². The van der Waals surface area contributed by atoms with Crippen molar-refractivity contribution in [2.75, 3.05) is 0 Å². The Hall–Kier alpha value is -1.55. The highest BCUT2D eigenvalue weighted by molar-refractivity contribution is 6.30. The summed E-state index contributed by atoms with van der Waals surface area (Å²) in [6.07, 6.45) is 4.52. The molecule has 0 bridgehead atoms. The van der Waals surface area contributed by atoms with E-state index in [0.29, 0.717) is 17.9 Å². The highest BCUT2D eigenvalue weighted by atomic mass is 35.5. The number of carbonyl (C=O) groups is 2. The van der Waals surface area contributed by atoms with E-state index in [2.05, 4.69) is 5.32 Å². The van der Waals surface area contributed by atoms with Gasteiger partial charge in [0.05, 0.1) is 11.3 Å². The van der Waals surface area contributed by atoms with Gasteiger partial charge in [-0.25, -0.2) is 0 Å². The molecule has 3 rings (SSSR count). The number of hydrogen-bond donors (Lipinski definition) is 2. The van der Waals surface area contributed by atoms with Crippen molar-refractivity contribution in [1.82, 2.24) is 5.32 Å². The summed E-state index contributed by atoms with van der Waals surface area (Å²) in [5, 5.41) is 12.8. The zero-order chi connectivity index (χ0) is 15.7. The number of halogens is 1. The maximum absolute atomic E-state index is 12.6. The molecule has 0 atom stereocenters. The van der Waals surface area contributed by atoms with Gasteiger partial charge >= 0.3 is 5.97 Å². The van der Waals surface area contributed by atoms with Gasteiger partial charge in [-0.15, -0.1) is 0 Å². The van der Waals surface area contributed by atoms with E-state index in [9.17, 15) is 9.59 Å². The van der Waals surface area contributed by atoms with Crippen molar-refractivity contribution in [3.63, 3.8) is 0 Å². The van der Waals surface area contributed by atoms with Crippen LogP contribution in [-0.2, 0) is 15.0 Å². The highest BCUT2D eigenvalue weighted by Crippen LogP contribution is 2.48. The normalized spacial score (nSPS) is 26.2. The second-order valence-corrected chi connectivity index (χ2v) is 6.89. The first kappa shape index (κ1) is 15.3. The summed E-state index contributed by atoms with van der Waals surface area (Å²) in [6.45, 7) is 0. The van der Waals surface area contributed by atoms with Crippen molar-refractivity contribution < 1.29 is 14.7 Å². The van der Waals surface area contributed by atoms with E-state index in [1.807, 2.05) is 24.3 Å². The minimum Gasteiger partial charge on any atom is -0.481 e. The molecule has 0 spiro atoms. The van der Waals surface area contributed by atoms with Gasteiger partial charge in [-0.05, 0) is 56.2 Å². The van der Waals surface area contributed by atoms with Gasteiger partial charge in [0.1, 0.15) is 0 Å². The van der Waals surface area contributed by atoms with Crippen molar-refractivity contribution >= 4 is 23.5 Å². The highest BCUT2D eigenvalue weighted by Gasteiger charge is 2.51. The molecule has 0 aliphatic heterocycles. The minimum absolute atomic E-state index is 0.0774. The fourth-order valence-corrected chi connectivity index (χ4v) is 3.47. The van der Waals surface area contributed by atoms with Crippen LogP contribution in [0.3, 0.4) is 0 Å². The fraction of sp³-hybridized carbons (Fsp3) is 0.529. The van der Waals surface area contributed by atoms with E-state index in [-0.39, 0.29) is 17.9 Å². The molecule has 0 saturated heterocycles. The van der Waals surface area contributed by atoms with Crippen molar-refractivity contribution in [2.45, 2.75) is 50.0 Å². The molecule has 1 amide bonds. The number of benzene rings is 1. The van der Waals surface area contributed by atoms with Crippen LogP contribution < -0.4 is 5.32 Å². The first-order chi connectivity index (χ1) is 10.5. The summed E-state index contributed by atoms with van der Waals surface area (Å²) in [5.41, 5.74) is 0.627. The van der Waals surface area contributed by atoms with Crippen LogP contribution in [0.5, 0.6) is 0 Å². The lowest BCUT2D eigenvalue weighted by atomic mass is 9.85. The molecular weight excluding hydrogens is 302 g/mol. The molecule has 4 nitrogen and oxygen atoms in total. The fourth-order valence-electron chi connectivity index (χ4n) is 3.35. The molecule has 2 saturated carbocycles. The van der Waals surface area contributed by atoms with E-state index in [0.717, 1.165) is 31.2 Å². The average Bonchev–Trinajstić information content (AvgIpc) is 3.30. The van der Waals surface area contributed by atoms with Crippen molar-refractivity contribution in [3.05, 3.63) is 34.9 Å². The number of aliphatic carboxylic acids is 1. The van der Waals surface area contributed by atoms with Gasteiger partial charge in [0, 0.05) is 11.1 Å². The Balaban J connectivity index is 1.61. The van der Waals surface area contributed by atoms with Crippen LogP contribution in [0.25, 0.3) is 0 Å². The number of carbonyl (C=O) groups excluding carboxylic acids is 1. The lowest BCUT2D eigenvalue weighted by Gasteiger charge is -2.28.